The number of rotatable bonds is 2. The second kappa shape index (κ2) is 4.80. The summed E-state index contributed by atoms with van der Waals surface area (Å²) in [6.07, 6.45) is 1.56. The zero-order valence-corrected chi connectivity index (χ0v) is 11.8. The van der Waals surface area contributed by atoms with E-state index in [2.05, 4.69) is 0 Å². The molecule has 1 aliphatic rings. The summed E-state index contributed by atoms with van der Waals surface area (Å²) in [6.45, 7) is 1.70. The second-order valence-electron chi connectivity index (χ2n) is 4.80. The van der Waals surface area contributed by atoms with Gasteiger partial charge in [-0.3, -0.25) is 4.79 Å². The van der Waals surface area contributed by atoms with Crippen LogP contribution < -0.4 is 10.2 Å². The quantitative estimate of drug-likeness (QED) is 0.874. The van der Waals surface area contributed by atoms with Crippen LogP contribution in [0.2, 0.25) is 0 Å². The molecule has 7 nitrogen and oxygen atoms in total. The van der Waals surface area contributed by atoms with Gasteiger partial charge in [0.05, 0.1) is 23.8 Å². The Balaban J connectivity index is 2.50. The molecule has 0 saturated carbocycles. The maximum Gasteiger partial charge on any atom is 0.340 e. The second-order valence-corrected chi connectivity index (χ2v) is 4.80. The zero-order valence-electron chi connectivity index (χ0n) is 11.8. The van der Waals surface area contributed by atoms with Crippen molar-refractivity contribution in [3.8, 4) is 11.5 Å². The molecule has 0 aliphatic carbocycles. The average Bonchev–Trinajstić information content (AvgIpc) is 2.46. The number of allylic oxidation sites excluding steroid dienone is 1. The van der Waals surface area contributed by atoms with E-state index in [0.29, 0.717) is 11.5 Å². The third kappa shape index (κ3) is 1.90. The molecule has 2 heterocycles. The number of aromatic carboxylic acids is 1. The first kappa shape index (κ1) is 14.0. The fraction of sp³-hybridized carbons (Fsp3) is 0.200. The Morgan fingerprint density at radius 1 is 1.41 bits per heavy atom. The summed E-state index contributed by atoms with van der Waals surface area (Å²) in [5.74, 6) is -1.25. The van der Waals surface area contributed by atoms with Crippen LogP contribution in [-0.4, -0.2) is 23.3 Å². The van der Waals surface area contributed by atoms with E-state index in [-0.39, 0.29) is 28.9 Å². The Morgan fingerprint density at radius 3 is 2.77 bits per heavy atom. The molecular formula is C15H12O7. The number of methoxy groups -OCH3 is 1. The smallest absolute Gasteiger partial charge is 0.340 e. The van der Waals surface area contributed by atoms with Crippen molar-refractivity contribution in [3.63, 3.8) is 0 Å². The van der Waals surface area contributed by atoms with Crippen LogP contribution in [0.1, 0.15) is 28.6 Å². The van der Waals surface area contributed by atoms with Crippen LogP contribution in [0, 0.1) is 0 Å². The van der Waals surface area contributed by atoms with E-state index in [0.717, 1.165) is 0 Å². The zero-order chi connectivity index (χ0) is 16.0. The lowest BCUT2D eigenvalue weighted by Gasteiger charge is -2.16. The summed E-state index contributed by atoms with van der Waals surface area (Å²) in [6, 6.07) is 1.29. The van der Waals surface area contributed by atoms with Crippen molar-refractivity contribution < 1.29 is 28.9 Å². The van der Waals surface area contributed by atoms with Gasteiger partial charge in [0.15, 0.2) is 11.5 Å². The molecule has 3 rings (SSSR count). The van der Waals surface area contributed by atoms with E-state index in [1.165, 1.54) is 13.2 Å². The topological polar surface area (TPSA) is 106 Å². The highest BCUT2D eigenvalue weighted by atomic mass is 16.5. The molecule has 0 radical (unpaired) electrons. The lowest BCUT2D eigenvalue weighted by molar-refractivity contribution is 0.0695. The number of hydrogen-bond donors (Lipinski definition) is 2. The van der Waals surface area contributed by atoms with Crippen LogP contribution in [0.4, 0.5) is 0 Å². The van der Waals surface area contributed by atoms with Crippen LogP contribution in [0.15, 0.2) is 21.0 Å². The van der Waals surface area contributed by atoms with E-state index in [1.807, 2.05) is 0 Å². The Bertz CT molecular complexity index is 889. The third-order valence-electron chi connectivity index (χ3n) is 3.46. The molecule has 2 N–H and O–H groups in total. The van der Waals surface area contributed by atoms with Gasteiger partial charge in [0.1, 0.15) is 23.5 Å². The minimum Gasteiger partial charge on any atom is -0.504 e. The first-order valence-corrected chi connectivity index (χ1v) is 6.38. The number of carboxylic acids is 1. The van der Waals surface area contributed by atoms with Crippen molar-refractivity contribution in [2.24, 2.45) is 0 Å². The minimum absolute atomic E-state index is 0.0121. The first-order valence-electron chi connectivity index (χ1n) is 6.38. The van der Waals surface area contributed by atoms with Crippen molar-refractivity contribution in [1.82, 2.24) is 0 Å². The van der Waals surface area contributed by atoms with E-state index in [9.17, 15) is 19.8 Å². The predicted octanol–water partition coefficient (Wildman–Crippen LogP) is 2.10. The molecule has 1 aliphatic heterocycles. The van der Waals surface area contributed by atoms with Crippen molar-refractivity contribution in [3.05, 3.63) is 38.9 Å². The Hall–Kier alpha value is -2.96. The van der Waals surface area contributed by atoms with Gasteiger partial charge in [0.25, 0.3) is 0 Å². The van der Waals surface area contributed by atoms with Gasteiger partial charge in [-0.25, -0.2) is 4.79 Å². The molecule has 0 unspecified atom stereocenters. The molecule has 0 spiro atoms. The fourth-order valence-corrected chi connectivity index (χ4v) is 2.40. The number of carboxylic acid groups (broad SMARTS) is 1. The Morgan fingerprint density at radius 2 is 2.14 bits per heavy atom. The molecule has 1 aromatic heterocycles. The lowest BCUT2D eigenvalue weighted by atomic mass is 10.0. The summed E-state index contributed by atoms with van der Waals surface area (Å²) in [5.41, 5.74) is -0.848. The minimum atomic E-state index is -1.45. The number of ether oxygens (including phenoxy) is 2. The Kier molecular flexibility index (Phi) is 3.05. The van der Waals surface area contributed by atoms with Crippen LogP contribution in [0.3, 0.4) is 0 Å². The van der Waals surface area contributed by atoms with Gasteiger partial charge in [-0.1, -0.05) is 0 Å². The SMILES string of the molecule is COc1cc2oc3c(c(=O)c2c(C(=O)O)c1O)COC(C)=C3. The highest BCUT2D eigenvalue weighted by Crippen LogP contribution is 2.36. The summed E-state index contributed by atoms with van der Waals surface area (Å²) >= 11 is 0. The number of carbonyl (C=O) groups is 1. The average molecular weight is 304 g/mol. The predicted molar refractivity (Wildman–Crippen MR) is 76.1 cm³/mol. The van der Waals surface area contributed by atoms with Gasteiger partial charge in [-0.2, -0.15) is 0 Å². The standard InChI is InChI=1S/C15H12O7/c1-6-3-8-7(5-21-6)13(16)11-9(22-8)4-10(20-2)14(17)12(11)15(18)19/h3-4,17H,5H2,1-2H3,(H,18,19). The molecule has 2 aromatic rings. The molecule has 0 bridgehead atoms. The summed E-state index contributed by atoms with van der Waals surface area (Å²) in [4.78, 5) is 24.0. The number of hydrogen-bond acceptors (Lipinski definition) is 6. The van der Waals surface area contributed by atoms with Crippen molar-refractivity contribution in [2.75, 3.05) is 7.11 Å². The van der Waals surface area contributed by atoms with Gasteiger partial charge >= 0.3 is 5.97 Å². The van der Waals surface area contributed by atoms with Crippen molar-refractivity contribution in [1.29, 1.82) is 0 Å². The number of phenols is 1. The van der Waals surface area contributed by atoms with Gasteiger partial charge < -0.3 is 24.1 Å². The van der Waals surface area contributed by atoms with Gasteiger partial charge in [0, 0.05) is 12.1 Å². The summed E-state index contributed by atoms with van der Waals surface area (Å²) < 4.78 is 15.8. The van der Waals surface area contributed by atoms with E-state index in [4.69, 9.17) is 13.9 Å². The lowest BCUT2D eigenvalue weighted by Crippen LogP contribution is -2.18. The van der Waals surface area contributed by atoms with Crippen molar-refractivity contribution >= 4 is 23.0 Å². The maximum absolute atomic E-state index is 12.6. The Labute approximate surface area is 124 Å². The van der Waals surface area contributed by atoms with Crippen LogP contribution in [0.5, 0.6) is 11.5 Å². The molecule has 0 amide bonds. The fourth-order valence-electron chi connectivity index (χ4n) is 2.40. The molecule has 22 heavy (non-hydrogen) atoms. The van der Waals surface area contributed by atoms with E-state index in [1.54, 1.807) is 13.0 Å². The molecule has 0 fully saturated rings. The number of fused-ring (bicyclic) bond motifs is 2. The van der Waals surface area contributed by atoms with Gasteiger partial charge in [0.2, 0.25) is 5.43 Å². The molecule has 1 aromatic carbocycles. The van der Waals surface area contributed by atoms with E-state index < -0.39 is 22.7 Å². The third-order valence-corrected chi connectivity index (χ3v) is 3.46. The monoisotopic (exact) mass is 304 g/mol. The molecule has 0 atom stereocenters. The molecule has 0 saturated heterocycles. The van der Waals surface area contributed by atoms with Crippen LogP contribution in [-0.2, 0) is 11.3 Å². The number of benzene rings is 1. The highest BCUT2D eigenvalue weighted by Gasteiger charge is 2.26. The summed E-state index contributed by atoms with van der Waals surface area (Å²) in [5, 5.41) is 19.1. The van der Waals surface area contributed by atoms with E-state index >= 15 is 0 Å². The molecule has 114 valence electrons. The van der Waals surface area contributed by atoms with Crippen molar-refractivity contribution in [2.45, 2.75) is 13.5 Å². The number of aromatic hydroxyl groups is 1. The highest BCUT2D eigenvalue weighted by molar-refractivity contribution is 6.06. The normalized spacial score (nSPS) is 13.3. The van der Waals surface area contributed by atoms with Gasteiger partial charge in [-0.15, -0.1) is 0 Å². The molecule has 7 heteroatoms. The van der Waals surface area contributed by atoms with Gasteiger partial charge in [-0.05, 0) is 6.92 Å². The first-order chi connectivity index (χ1) is 10.4. The van der Waals surface area contributed by atoms with Crippen LogP contribution >= 0.6 is 0 Å². The maximum atomic E-state index is 12.6. The summed E-state index contributed by atoms with van der Waals surface area (Å²) in [7, 11) is 1.28. The van der Waals surface area contributed by atoms with Crippen LogP contribution in [0.25, 0.3) is 17.0 Å². The largest absolute Gasteiger partial charge is 0.504 e. The molecular weight excluding hydrogens is 292 g/mol.